The molecule has 1 aromatic rings. The topological polar surface area (TPSA) is 23.5 Å². The number of benzene rings is 1. The second kappa shape index (κ2) is 5.54. The van der Waals surface area contributed by atoms with Gasteiger partial charge in [-0.25, -0.2) is 0 Å². The van der Waals surface area contributed by atoms with Gasteiger partial charge in [0.2, 0.25) is 0 Å². The summed E-state index contributed by atoms with van der Waals surface area (Å²) in [6, 6.07) is 5.85. The first-order valence-electron chi connectivity index (χ1n) is 6.76. The second-order valence-corrected chi connectivity index (χ2v) is 5.05. The van der Waals surface area contributed by atoms with Gasteiger partial charge in [0.15, 0.2) is 0 Å². The lowest BCUT2D eigenvalue weighted by atomic mass is 9.83. The Kier molecular flexibility index (Phi) is 4.06. The summed E-state index contributed by atoms with van der Waals surface area (Å²) in [6.45, 7) is 7.98. The molecule has 2 nitrogen and oxygen atoms in total. The summed E-state index contributed by atoms with van der Waals surface area (Å²) < 4.78 is 0. The predicted molar refractivity (Wildman–Crippen MR) is 71.4 cm³/mol. The molecule has 0 aromatic heterocycles. The lowest BCUT2D eigenvalue weighted by Crippen LogP contribution is -2.32. The van der Waals surface area contributed by atoms with Crippen molar-refractivity contribution in [3.63, 3.8) is 0 Å². The molecule has 1 aliphatic carbocycles. The van der Waals surface area contributed by atoms with Crippen molar-refractivity contribution < 1.29 is 5.11 Å². The van der Waals surface area contributed by atoms with Crippen LogP contribution in [0.4, 0.5) is 0 Å². The molecule has 0 heterocycles. The largest absolute Gasteiger partial charge is 0.508 e. The van der Waals surface area contributed by atoms with Crippen LogP contribution in [0.5, 0.6) is 5.75 Å². The number of nitrogens with zero attached hydrogens (tertiary/aromatic N) is 1. The summed E-state index contributed by atoms with van der Waals surface area (Å²) in [7, 11) is 0. The van der Waals surface area contributed by atoms with Crippen LogP contribution in [0, 0.1) is 5.92 Å². The predicted octanol–water partition coefficient (Wildman–Crippen LogP) is 2.84. The van der Waals surface area contributed by atoms with Crippen LogP contribution in [-0.4, -0.2) is 29.6 Å². The Morgan fingerprint density at radius 2 is 2.00 bits per heavy atom. The van der Waals surface area contributed by atoms with E-state index in [1.54, 1.807) is 0 Å². The molecule has 17 heavy (non-hydrogen) atoms. The lowest BCUT2D eigenvalue weighted by molar-refractivity contribution is 0.239. The number of hydrogen-bond donors (Lipinski definition) is 1. The van der Waals surface area contributed by atoms with E-state index in [0.29, 0.717) is 5.75 Å². The number of phenols is 1. The molecule has 0 aliphatic heterocycles. The van der Waals surface area contributed by atoms with Crippen molar-refractivity contribution >= 4 is 0 Å². The van der Waals surface area contributed by atoms with Crippen molar-refractivity contribution in [2.45, 2.75) is 33.1 Å². The van der Waals surface area contributed by atoms with E-state index in [4.69, 9.17) is 0 Å². The quantitative estimate of drug-likeness (QED) is 0.864. The highest BCUT2D eigenvalue weighted by molar-refractivity contribution is 5.36. The van der Waals surface area contributed by atoms with Crippen LogP contribution in [0.3, 0.4) is 0 Å². The third kappa shape index (κ3) is 3.01. The average Bonchev–Trinajstić information content (AvgIpc) is 2.36. The molecule has 1 unspecified atom stereocenters. The van der Waals surface area contributed by atoms with Gasteiger partial charge in [-0.1, -0.05) is 19.9 Å². The van der Waals surface area contributed by atoms with Gasteiger partial charge in [-0.3, -0.25) is 0 Å². The number of hydrogen-bond acceptors (Lipinski definition) is 2. The molecule has 1 N–H and O–H groups in total. The van der Waals surface area contributed by atoms with E-state index in [1.165, 1.54) is 30.5 Å². The zero-order valence-electron chi connectivity index (χ0n) is 10.9. The van der Waals surface area contributed by atoms with E-state index in [9.17, 15) is 5.11 Å². The maximum Gasteiger partial charge on any atom is 0.115 e. The van der Waals surface area contributed by atoms with Gasteiger partial charge in [-0.05, 0) is 61.5 Å². The average molecular weight is 233 g/mol. The summed E-state index contributed by atoms with van der Waals surface area (Å²) in [5.41, 5.74) is 2.78. The summed E-state index contributed by atoms with van der Waals surface area (Å²) >= 11 is 0. The molecule has 0 spiro atoms. The van der Waals surface area contributed by atoms with Gasteiger partial charge in [0.25, 0.3) is 0 Å². The van der Waals surface area contributed by atoms with Gasteiger partial charge in [-0.15, -0.1) is 0 Å². The van der Waals surface area contributed by atoms with Gasteiger partial charge < -0.3 is 10.0 Å². The first kappa shape index (κ1) is 12.4. The third-order valence-electron chi connectivity index (χ3n) is 3.93. The molecule has 1 aromatic carbocycles. The summed E-state index contributed by atoms with van der Waals surface area (Å²) in [4.78, 5) is 2.51. The molecule has 2 rings (SSSR count). The zero-order chi connectivity index (χ0) is 12.3. The fourth-order valence-electron chi connectivity index (χ4n) is 2.82. The third-order valence-corrected chi connectivity index (χ3v) is 3.93. The Morgan fingerprint density at radius 3 is 2.71 bits per heavy atom. The smallest absolute Gasteiger partial charge is 0.115 e. The molecule has 0 saturated heterocycles. The molecule has 0 bridgehead atoms. The lowest BCUT2D eigenvalue weighted by Gasteiger charge is -2.29. The number of rotatable bonds is 4. The van der Waals surface area contributed by atoms with Crippen molar-refractivity contribution in [3.8, 4) is 5.75 Å². The second-order valence-electron chi connectivity index (χ2n) is 5.05. The van der Waals surface area contributed by atoms with E-state index < -0.39 is 0 Å². The number of aryl methyl sites for hydroxylation is 1. The van der Waals surface area contributed by atoms with Gasteiger partial charge in [0.05, 0.1) is 0 Å². The molecule has 2 heteroatoms. The van der Waals surface area contributed by atoms with Gasteiger partial charge in [-0.2, -0.15) is 0 Å². The molecule has 94 valence electrons. The summed E-state index contributed by atoms with van der Waals surface area (Å²) in [5.74, 6) is 1.19. The minimum Gasteiger partial charge on any atom is -0.508 e. The number of aromatic hydroxyl groups is 1. The Labute approximate surface area is 104 Å². The highest BCUT2D eigenvalue weighted by atomic mass is 16.3. The zero-order valence-corrected chi connectivity index (χ0v) is 10.9. The van der Waals surface area contributed by atoms with Gasteiger partial charge in [0, 0.05) is 6.54 Å². The van der Waals surface area contributed by atoms with E-state index >= 15 is 0 Å². The van der Waals surface area contributed by atoms with E-state index in [1.807, 2.05) is 12.1 Å². The fraction of sp³-hybridized carbons (Fsp3) is 0.600. The van der Waals surface area contributed by atoms with E-state index in [0.717, 1.165) is 25.4 Å². The molecule has 0 saturated carbocycles. The number of phenolic OH excluding ortho intramolecular Hbond substituents is 1. The molecular weight excluding hydrogens is 210 g/mol. The van der Waals surface area contributed by atoms with Crippen LogP contribution >= 0.6 is 0 Å². The maximum atomic E-state index is 9.47. The van der Waals surface area contributed by atoms with Crippen LogP contribution in [0.15, 0.2) is 18.2 Å². The minimum atomic E-state index is 0.408. The fourth-order valence-corrected chi connectivity index (χ4v) is 2.82. The first-order chi connectivity index (χ1) is 8.22. The van der Waals surface area contributed by atoms with Gasteiger partial charge in [0.1, 0.15) is 5.75 Å². The van der Waals surface area contributed by atoms with E-state index in [-0.39, 0.29) is 0 Å². The van der Waals surface area contributed by atoms with Crippen LogP contribution in [0.1, 0.15) is 31.4 Å². The van der Waals surface area contributed by atoms with Crippen molar-refractivity contribution in [2.24, 2.45) is 5.92 Å². The Bertz CT molecular complexity index is 371. The highest BCUT2D eigenvalue weighted by Crippen LogP contribution is 2.28. The van der Waals surface area contributed by atoms with Crippen LogP contribution in [0.2, 0.25) is 0 Å². The molecule has 1 aliphatic rings. The van der Waals surface area contributed by atoms with Crippen molar-refractivity contribution in [1.29, 1.82) is 0 Å². The molecule has 0 fully saturated rings. The molecule has 1 atom stereocenters. The molecule has 0 amide bonds. The Morgan fingerprint density at radius 1 is 1.24 bits per heavy atom. The van der Waals surface area contributed by atoms with Crippen molar-refractivity contribution in [1.82, 2.24) is 4.90 Å². The monoisotopic (exact) mass is 233 g/mol. The van der Waals surface area contributed by atoms with Crippen molar-refractivity contribution in [2.75, 3.05) is 19.6 Å². The Hall–Kier alpha value is -1.02. The molecule has 0 radical (unpaired) electrons. The van der Waals surface area contributed by atoms with E-state index in [2.05, 4.69) is 24.8 Å². The standard InChI is InChI=1S/C15H23NO/c1-3-16(4-2)11-12-5-6-14-10-15(17)8-7-13(14)9-12/h7-8,10,12,17H,3-6,9,11H2,1-2H3. The number of fused-ring (bicyclic) bond motifs is 1. The normalized spacial score (nSPS) is 19.4. The minimum absolute atomic E-state index is 0.408. The molecular formula is C15H23NO. The maximum absolute atomic E-state index is 9.47. The van der Waals surface area contributed by atoms with Crippen molar-refractivity contribution in [3.05, 3.63) is 29.3 Å². The summed E-state index contributed by atoms with van der Waals surface area (Å²) in [6.07, 6.45) is 3.55. The SMILES string of the molecule is CCN(CC)CC1CCc2cc(O)ccc2C1. The summed E-state index contributed by atoms with van der Waals surface area (Å²) in [5, 5.41) is 9.47. The first-order valence-corrected chi connectivity index (χ1v) is 6.76. The van der Waals surface area contributed by atoms with Crippen LogP contribution in [-0.2, 0) is 12.8 Å². The highest BCUT2D eigenvalue weighted by Gasteiger charge is 2.20. The van der Waals surface area contributed by atoms with Crippen LogP contribution in [0.25, 0.3) is 0 Å². The van der Waals surface area contributed by atoms with Gasteiger partial charge >= 0.3 is 0 Å². The van der Waals surface area contributed by atoms with Crippen LogP contribution < -0.4 is 0 Å². The Balaban J connectivity index is 2.01.